The third-order valence-corrected chi connectivity index (χ3v) is 4.11. The molecule has 0 fully saturated rings. The molecule has 3 rings (SSSR count). The van der Waals surface area contributed by atoms with Gasteiger partial charge in [-0.3, -0.25) is 19.0 Å². The quantitative estimate of drug-likeness (QED) is 0.668. The number of carbonyl (C=O) groups is 2. The van der Waals surface area contributed by atoms with Crippen molar-refractivity contribution >= 4 is 17.6 Å². The molecule has 2 N–H and O–H groups in total. The van der Waals surface area contributed by atoms with Crippen molar-refractivity contribution in [3.05, 3.63) is 65.2 Å². The lowest BCUT2D eigenvalue weighted by atomic mass is 10.2. The summed E-state index contributed by atoms with van der Waals surface area (Å²) in [6, 6.07) is 11.1. The van der Waals surface area contributed by atoms with Crippen molar-refractivity contribution in [3.63, 3.8) is 0 Å². The van der Waals surface area contributed by atoms with Gasteiger partial charge in [-0.25, -0.2) is 0 Å². The number of benzene rings is 1. The highest BCUT2D eigenvalue weighted by Crippen LogP contribution is 2.15. The van der Waals surface area contributed by atoms with E-state index in [1.807, 2.05) is 42.8 Å². The fourth-order valence-corrected chi connectivity index (χ4v) is 2.86. The van der Waals surface area contributed by atoms with Crippen molar-refractivity contribution < 1.29 is 14.7 Å². The molecule has 1 aromatic carbocycles. The van der Waals surface area contributed by atoms with E-state index in [-0.39, 0.29) is 18.9 Å². The predicted molar refractivity (Wildman–Crippen MR) is 99.7 cm³/mol. The number of hydrogen-bond donors (Lipinski definition) is 2. The van der Waals surface area contributed by atoms with Gasteiger partial charge in [0.2, 0.25) is 0 Å². The highest BCUT2D eigenvalue weighted by molar-refractivity contribution is 6.03. The second-order valence-electron chi connectivity index (χ2n) is 6.32. The Labute approximate surface area is 156 Å². The van der Waals surface area contributed by atoms with Crippen molar-refractivity contribution in [2.45, 2.75) is 33.4 Å². The highest BCUT2D eigenvalue weighted by Gasteiger charge is 2.13. The molecule has 2 heterocycles. The molecule has 0 aliphatic heterocycles. The zero-order chi connectivity index (χ0) is 19.4. The number of amides is 1. The van der Waals surface area contributed by atoms with E-state index in [1.54, 1.807) is 12.1 Å². The molecule has 0 aliphatic carbocycles. The van der Waals surface area contributed by atoms with Gasteiger partial charge < -0.3 is 10.4 Å². The highest BCUT2D eigenvalue weighted by atomic mass is 16.4. The van der Waals surface area contributed by atoms with Gasteiger partial charge in [0.1, 0.15) is 5.69 Å². The van der Waals surface area contributed by atoms with E-state index in [0.717, 1.165) is 17.0 Å². The second kappa shape index (κ2) is 7.86. The number of aliphatic carboxylic acids is 1. The van der Waals surface area contributed by atoms with E-state index in [9.17, 15) is 9.59 Å². The summed E-state index contributed by atoms with van der Waals surface area (Å²) in [5, 5.41) is 20.1. The smallest absolute Gasteiger partial charge is 0.305 e. The van der Waals surface area contributed by atoms with Crippen molar-refractivity contribution in [2.75, 3.05) is 5.32 Å². The average molecular weight is 367 g/mol. The minimum Gasteiger partial charge on any atom is -0.481 e. The molecule has 0 saturated carbocycles. The van der Waals surface area contributed by atoms with Crippen LogP contribution in [0.4, 0.5) is 5.69 Å². The van der Waals surface area contributed by atoms with Crippen LogP contribution in [0.25, 0.3) is 0 Å². The van der Waals surface area contributed by atoms with Gasteiger partial charge in [-0.2, -0.15) is 10.2 Å². The van der Waals surface area contributed by atoms with Crippen LogP contribution in [0.3, 0.4) is 0 Å². The number of aryl methyl sites for hydroxylation is 3. The standard InChI is InChI=1S/C19H21N5O3/c1-13-10-14(2)24(22-13)12-15-4-3-5-16(11-15)21-19(27)17-6-8-20-23(17)9-7-18(25)26/h3-6,8,10-11H,7,9,12H2,1-2H3,(H,21,27)(H,25,26). The Hall–Kier alpha value is -3.42. The lowest BCUT2D eigenvalue weighted by Gasteiger charge is -2.10. The zero-order valence-corrected chi connectivity index (χ0v) is 15.2. The monoisotopic (exact) mass is 367 g/mol. The molecule has 3 aromatic rings. The Bertz CT molecular complexity index is 973. The van der Waals surface area contributed by atoms with Gasteiger partial charge in [0.25, 0.3) is 5.91 Å². The minimum atomic E-state index is -0.936. The number of carbonyl (C=O) groups excluding carboxylic acids is 1. The molecule has 2 aromatic heterocycles. The SMILES string of the molecule is Cc1cc(C)n(Cc2cccc(NC(=O)c3ccnn3CCC(=O)O)c2)n1. The molecule has 0 atom stereocenters. The molecule has 0 bridgehead atoms. The van der Waals surface area contributed by atoms with Crippen molar-refractivity contribution in [2.24, 2.45) is 0 Å². The van der Waals surface area contributed by atoms with E-state index in [0.29, 0.717) is 17.9 Å². The number of carboxylic acid groups (broad SMARTS) is 1. The van der Waals surface area contributed by atoms with Gasteiger partial charge in [0, 0.05) is 17.6 Å². The van der Waals surface area contributed by atoms with E-state index < -0.39 is 5.97 Å². The van der Waals surface area contributed by atoms with Crippen LogP contribution in [0.15, 0.2) is 42.6 Å². The number of hydrogen-bond acceptors (Lipinski definition) is 4. The number of anilines is 1. The van der Waals surface area contributed by atoms with Crippen LogP contribution < -0.4 is 5.32 Å². The minimum absolute atomic E-state index is 0.0971. The van der Waals surface area contributed by atoms with Crippen molar-refractivity contribution in [1.29, 1.82) is 0 Å². The van der Waals surface area contributed by atoms with E-state index in [4.69, 9.17) is 5.11 Å². The molecule has 0 radical (unpaired) electrons. The molecule has 0 spiro atoms. The molecule has 0 aliphatic rings. The van der Waals surface area contributed by atoms with Gasteiger partial charge in [-0.15, -0.1) is 0 Å². The number of aromatic nitrogens is 4. The predicted octanol–water partition coefficient (Wildman–Crippen LogP) is 2.47. The van der Waals surface area contributed by atoms with Gasteiger partial charge in [-0.1, -0.05) is 12.1 Å². The van der Waals surface area contributed by atoms with Crippen LogP contribution in [0.2, 0.25) is 0 Å². The van der Waals surface area contributed by atoms with Crippen LogP contribution in [0.5, 0.6) is 0 Å². The molecule has 1 amide bonds. The van der Waals surface area contributed by atoms with E-state index in [1.165, 1.54) is 10.9 Å². The molecule has 8 nitrogen and oxygen atoms in total. The van der Waals surface area contributed by atoms with Gasteiger partial charge in [0.05, 0.1) is 25.2 Å². The number of rotatable bonds is 7. The van der Waals surface area contributed by atoms with Crippen LogP contribution in [0.1, 0.15) is 33.9 Å². The van der Waals surface area contributed by atoms with Gasteiger partial charge >= 0.3 is 5.97 Å². The lowest BCUT2D eigenvalue weighted by Crippen LogP contribution is -2.19. The summed E-state index contributed by atoms with van der Waals surface area (Å²) >= 11 is 0. The van der Waals surface area contributed by atoms with Gasteiger partial charge in [-0.05, 0) is 43.7 Å². The zero-order valence-electron chi connectivity index (χ0n) is 15.2. The first-order chi connectivity index (χ1) is 12.9. The topological polar surface area (TPSA) is 102 Å². The molecule has 8 heteroatoms. The molecule has 140 valence electrons. The summed E-state index contributed by atoms with van der Waals surface area (Å²) in [4.78, 5) is 23.3. The summed E-state index contributed by atoms with van der Waals surface area (Å²) in [5.41, 5.74) is 4.03. The first kappa shape index (κ1) is 18.4. The van der Waals surface area contributed by atoms with E-state index >= 15 is 0 Å². The molecular weight excluding hydrogens is 346 g/mol. The normalized spacial score (nSPS) is 10.7. The third-order valence-electron chi connectivity index (χ3n) is 4.11. The Kier molecular flexibility index (Phi) is 5.35. The Morgan fingerprint density at radius 2 is 1.96 bits per heavy atom. The first-order valence-electron chi connectivity index (χ1n) is 8.57. The van der Waals surface area contributed by atoms with E-state index in [2.05, 4.69) is 15.5 Å². The number of nitrogens with zero attached hydrogens (tertiary/aromatic N) is 4. The number of nitrogens with one attached hydrogen (secondary N) is 1. The Morgan fingerprint density at radius 3 is 2.67 bits per heavy atom. The van der Waals surface area contributed by atoms with Crippen LogP contribution in [-0.4, -0.2) is 36.5 Å². The maximum Gasteiger partial charge on any atom is 0.305 e. The van der Waals surface area contributed by atoms with Crippen LogP contribution in [-0.2, 0) is 17.9 Å². The molecule has 0 unspecified atom stereocenters. The fourth-order valence-electron chi connectivity index (χ4n) is 2.86. The molecular formula is C19H21N5O3. The first-order valence-corrected chi connectivity index (χ1v) is 8.57. The summed E-state index contributed by atoms with van der Waals surface area (Å²) in [6.07, 6.45) is 1.39. The van der Waals surface area contributed by atoms with Crippen molar-refractivity contribution in [1.82, 2.24) is 19.6 Å². The summed E-state index contributed by atoms with van der Waals surface area (Å²) in [6.45, 7) is 4.71. The molecule has 27 heavy (non-hydrogen) atoms. The Morgan fingerprint density at radius 1 is 1.15 bits per heavy atom. The second-order valence-corrected chi connectivity index (χ2v) is 6.32. The Balaban J connectivity index is 1.71. The van der Waals surface area contributed by atoms with Crippen LogP contribution >= 0.6 is 0 Å². The van der Waals surface area contributed by atoms with Crippen LogP contribution in [0, 0.1) is 13.8 Å². The summed E-state index contributed by atoms with van der Waals surface area (Å²) in [7, 11) is 0. The molecule has 0 saturated heterocycles. The largest absolute Gasteiger partial charge is 0.481 e. The number of carboxylic acids is 1. The maximum atomic E-state index is 12.5. The summed E-state index contributed by atoms with van der Waals surface area (Å²) < 4.78 is 3.31. The average Bonchev–Trinajstić information content (AvgIpc) is 3.19. The third kappa shape index (κ3) is 4.60. The maximum absolute atomic E-state index is 12.5. The summed E-state index contributed by atoms with van der Waals surface area (Å²) in [5.74, 6) is -1.27. The van der Waals surface area contributed by atoms with Crippen molar-refractivity contribution in [3.8, 4) is 0 Å². The fraction of sp³-hybridized carbons (Fsp3) is 0.263. The van der Waals surface area contributed by atoms with Gasteiger partial charge in [0.15, 0.2) is 0 Å². The lowest BCUT2D eigenvalue weighted by molar-refractivity contribution is -0.137.